The third-order valence-electron chi connectivity index (χ3n) is 3.99. The van der Waals surface area contributed by atoms with Crippen molar-refractivity contribution in [1.82, 2.24) is 9.97 Å². The summed E-state index contributed by atoms with van der Waals surface area (Å²) in [6.45, 7) is 0. The van der Waals surface area contributed by atoms with Gasteiger partial charge in [0, 0.05) is 38.4 Å². The summed E-state index contributed by atoms with van der Waals surface area (Å²) < 4.78 is 4.29. The highest BCUT2D eigenvalue weighted by atomic mass is 127. The summed E-state index contributed by atoms with van der Waals surface area (Å²) >= 11 is 8.48. The van der Waals surface area contributed by atoms with Gasteiger partial charge in [0.15, 0.2) is 0 Å². The molecule has 0 amide bonds. The molecule has 11 heteroatoms. The molecular formula is C19H10ClIN6S3. The summed E-state index contributed by atoms with van der Waals surface area (Å²) in [6, 6.07) is 11.8. The lowest BCUT2D eigenvalue weighted by Crippen LogP contribution is -2.04. The minimum Gasteiger partial charge on any atom is -0.383 e. The molecule has 0 fully saturated rings. The summed E-state index contributed by atoms with van der Waals surface area (Å²) in [5.41, 5.74) is 9.05. The van der Waals surface area contributed by atoms with Crippen LogP contribution in [0.15, 0.2) is 44.0 Å². The number of thiazole rings is 1. The van der Waals surface area contributed by atoms with Crippen LogP contribution in [0.1, 0.15) is 22.4 Å². The third kappa shape index (κ3) is 4.38. The highest BCUT2D eigenvalue weighted by Gasteiger charge is 2.23. The van der Waals surface area contributed by atoms with Gasteiger partial charge in [0.25, 0.3) is 0 Å². The number of nitrogens with two attached hydrogens (primary N) is 1. The van der Waals surface area contributed by atoms with Gasteiger partial charge in [-0.15, -0.1) is 11.3 Å². The number of hydrogen-bond acceptors (Lipinski definition) is 9. The minimum absolute atomic E-state index is 0.126. The van der Waals surface area contributed by atoms with E-state index in [2.05, 4.69) is 25.3 Å². The van der Waals surface area contributed by atoms with Crippen LogP contribution < -0.4 is 5.73 Å². The van der Waals surface area contributed by atoms with Crippen molar-refractivity contribution in [2.24, 2.45) is 3.15 Å². The van der Waals surface area contributed by atoms with Crippen molar-refractivity contribution in [1.29, 1.82) is 10.5 Å². The van der Waals surface area contributed by atoms with Crippen LogP contribution in [0.3, 0.4) is 0 Å². The third-order valence-corrected chi connectivity index (χ3v) is 9.79. The number of halogens is 2. The van der Waals surface area contributed by atoms with Crippen LogP contribution in [-0.4, -0.2) is 9.97 Å². The van der Waals surface area contributed by atoms with Gasteiger partial charge in [0.05, 0.1) is 30.9 Å². The lowest BCUT2D eigenvalue weighted by Gasteiger charge is -2.12. The van der Waals surface area contributed by atoms with E-state index in [4.69, 9.17) is 17.3 Å². The highest BCUT2D eigenvalue weighted by molar-refractivity contribution is 14.2. The lowest BCUT2D eigenvalue weighted by molar-refractivity contribution is 1.10. The van der Waals surface area contributed by atoms with Gasteiger partial charge in [-0.2, -0.15) is 10.5 Å². The maximum Gasteiger partial charge on any atom is 0.143 e. The average Bonchev–Trinajstić information content (AvgIpc) is 3.44. The average molecular weight is 581 g/mol. The molecule has 3 aromatic rings. The molecule has 0 atom stereocenters. The van der Waals surface area contributed by atoms with E-state index in [0.717, 1.165) is 21.2 Å². The van der Waals surface area contributed by atoms with Crippen LogP contribution in [-0.2, 0) is 5.75 Å². The number of nitriles is 2. The Morgan fingerprint density at radius 3 is 2.57 bits per heavy atom. The molecule has 3 heterocycles. The van der Waals surface area contributed by atoms with Crippen molar-refractivity contribution in [3.05, 3.63) is 63.3 Å². The summed E-state index contributed by atoms with van der Waals surface area (Å²) in [6.07, 6.45) is 1.72. The molecule has 0 saturated carbocycles. The van der Waals surface area contributed by atoms with E-state index in [1.54, 1.807) is 26.5 Å². The standard InChI is InChI=1S/C19H10ClIN6S3/c20-11-3-1-10(2-4-11)18-26-12(8-28-18)9-29-19-14(6-23)16(15-7-25-21-30-15)13(5-22)17(24)27-19/h1-4,7-8H,9H2,(H2,24,27). The van der Waals surface area contributed by atoms with Gasteiger partial charge in [-0.05, 0) is 21.1 Å². The van der Waals surface area contributed by atoms with E-state index >= 15 is 0 Å². The number of nitrogens with zero attached hydrogens (tertiary/aromatic N) is 5. The second kappa shape index (κ2) is 9.45. The quantitative estimate of drug-likeness (QED) is 0.268. The Bertz CT molecular complexity index is 1270. The SMILES string of the molecule is N#Cc1c(N)nc(SCc2csc(-c3ccc(Cl)cc3)n2)c(C#N)c1C1=CN=IS1. The second-order valence-corrected chi connectivity index (χ2v) is 11.9. The fraction of sp³-hybridized carbons (Fsp3) is 0.0526. The number of aromatic nitrogens is 2. The van der Waals surface area contributed by atoms with E-state index in [-0.39, 0.29) is 11.4 Å². The van der Waals surface area contributed by atoms with Crippen LogP contribution in [0.4, 0.5) is 5.82 Å². The first-order chi connectivity index (χ1) is 14.6. The van der Waals surface area contributed by atoms with Crippen LogP contribution in [0, 0.1) is 22.7 Å². The van der Waals surface area contributed by atoms with Crippen molar-refractivity contribution in [3.63, 3.8) is 0 Å². The monoisotopic (exact) mass is 580 g/mol. The van der Waals surface area contributed by atoms with E-state index in [0.29, 0.717) is 26.9 Å². The van der Waals surface area contributed by atoms with E-state index in [1.165, 1.54) is 11.8 Å². The zero-order chi connectivity index (χ0) is 21.1. The fourth-order valence-corrected chi connectivity index (χ4v) is 7.89. The van der Waals surface area contributed by atoms with E-state index in [9.17, 15) is 10.5 Å². The lowest BCUT2D eigenvalue weighted by atomic mass is 10.0. The summed E-state index contributed by atoms with van der Waals surface area (Å²) in [5, 5.41) is 23.4. The normalized spacial score (nSPS) is 12.7. The van der Waals surface area contributed by atoms with Crippen molar-refractivity contribution in [3.8, 4) is 22.7 Å². The Kier molecular flexibility index (Phi) is 6.71. The first-order valence-electron chi connectivity index (χ1n) is 8.29. The number of anilines is 1. The molecule has 6 nitrogen and oxygen atoms in total. The number of nitrogen functional groups attached to an aromatic ring is 1. The summed E-state index contributed by atoms with van der Waals surface area (Å²) in [5.74, 6) is 0.653. The number of thioether (sulfide) groups is 1. The molecule has 0 unspecified atom stereocenters. The Morgan fingerprint density at radius 1 is 1.13 bits per heavy atom. The first-order valence-corrected chi connectivity index (χ1v) is 14.9. The van der Waals surface area contributed by atoms with Gasteiger partial charge in [-0.3, -0.25) is 0 Å². The Morgan fingerprint density at radius 2 is 1.90 bits per heavy atom. The fourth-order valence-electron chi connectivity index (χ4n) is 2.63. The molecule has 0 spiro atoms. The molecule has 30 heavy (non-hydrogen) atoms. The number of benzene rings is 1. The highest BCUT2D eigenvalue weighted by Crippen LogP contribution is 2.47. The van der Waals surface area contributed by atoms with Crippen LogP contribution in [0.5, 0.6) is 0 Å². The minimum atomic E-state index is -0.401. The molecule has 0 bridgehead atoms. The second-order valence-electron chi connectivity index (χ2n) is 5.83. The van der Waals surface area contributed by atoms with Crippen molar-refractivity contribution < 1.29 is 0 Å². The molecule has 0 aliphatic carbocycles. The van der Waals surface area contributed by atoms with Gasteiger partial charge in [-0.25, -0.2) is 13.1 Å². The Hall–Kier alpha value is -1.96. The smallest absolute Gasteiger partial charge is 0.143 e. The number of rotatable bonds is 5. The van der Waals surface area contributed by atoms with Gasteiger partial charge in [-0.1, -0.05) is 35.5 Å². The first kappa shape index (κ1) is 21.3. The maximum absolute atomic E-state index is 9.81. The largest absolute Gasteiger partial charge is 0.383 e. The van der Waals surface area contributed by atoms with Gasteiger partial charge >= 0.3 is 0 Å². The molecule has 1 aliphatic heterocycles. The topological polar surface area (TPSA) is 112 Å². The van der Waals surface area contributed by atoms with Crippen LogP contribution >= 0.6 is 63.3 Å². The number of hydrogen-bond donors (Lipinski definition) is 1. The molecule has 4 rings (SSSR count). The predicted octanol–water partition coefficient (Wildman–Crippen LogP) is 6.59. The molecule has 0 saturated heterocycles. The molecule has 148 valence electrons. The van der Waals surface area contributed by atoms with Crippen molar-refractivity contribution in [2.45, 2.75) is 10.8 Å². The van der Waals surface area contributed by atoms with Gasteiger partial charge in [0.2, 0.25) is 0 Å². The zero-order valence-electron chi connectivity index (χ0n) is 15.0. The predicted molar refractivity (Wildman–Crippen MR) is 132 cm³/mol. The molecule has 0 radical (unpaired) electrons. The number of pyridine rings is 1. The van der Waals surface area contributed by atoms with Gasteiger partial charge in [0.1, 0.15) is 33.6 Å². The van der Waals surface area contributed by atoms with Crippen LogP contribution in [0.25, 0.3) is 15.5 Å². The molecule has 1 aliphatic rings. The summed E-state index contributed by atoms with van der Waals surface area (Å²) in [7, 11) is 1.58. The molecule has 1 aromatic carbocycles. The maximum atomic E-state index is 9.81. The van der Waals surface area contributed by atoms with Crippen molar-refractivity contribution >= 4 is 74.0 Å². The Balaban J connectivity index is 1.62. The molecule has 2 N–H and O–H groups in total. The van der Waals surface area contributed by atoms with Gasteiger partial charge < -0.3 is 5.73 Å². The molecule has 2 aromatic heterocycles. The molecular weight excluding hydrogens is 571 g/mol. The summed E-state index contributed by atoms with van der Waals surface area (Å²) in [4.78, 5) is 9.82. The van der Waals surface area contributed by atoms with Crippen LogP contribution in [0.2, 0.25) is 5.02 Å². The van der Waals surface area contributed by atoms with E-state index < -0.39 is 19.6 Å². The zero-order valence-corrected chi connectivity index (χ0v) is 20.3. The Labute approximate surface area is 198 Å². The van der Waals surface area contributed by atoms with Crippen molar-refractivity contribution in [2.75, 3.05) is 5.73 Å². The van der Waals surface area contributed by atoms with E-state index in [1.807, 2.05) is 29.6 Å².